The van der Waals surface area contributed by atoms with Crippen molar-refractivity contribution in [2.45, 2.75) is 57.5 Å². The molecular formula is C18H26N2O3. The number of H-pyrrole nitrogens is 1. The quantitative estimate of drug-likeness (QED) is 0.893. The Bertz CT molecular complexity index is 638. The molecule has 1 aromatic heterocycles. The van der Waals surface area contributed by atoms with Gasteiger partial charge in [-0.1, -0.05) is 12.8 Å². The minimum atomic E-state index is -0.333. The Morgan fingerprint density at radius 3 is 2.78 bits per heavy atom. The maximum atomic E-state index is 12.7. The summed E-state index contributed by atoms with van der Waals surface area (Å²) in [4.78, 5) is 29.4. The fourth-order valence-electron chi connectivity index (χ4n) is 3.88. The number of aliphatic hydroxyl groups excluding tert-OH is 1. The molecule has 0 saturated heterocycles. The third kappa shape index (κ3) is 3.50. The van der Waals surface area contributed by atoms with Gasteiger partial charge in [0.2, 0.25) is 0 Å². The molecule has 0 radical (unpaired) electrons. The Labute approximate surface area is 136 Å². The summed E-state index contributed by atoms with van der Waals surface area (Å²) in [6.07, 6.45) is 7.60. The lowest BCUT2D eigenvalue weighted by molar-refractivity contribution is 0.0450. The molecule has 0 bridgehead atoms. The SMILES string of the molecule is CN(CC1CCCCC1O)C(=O)c1cc2c([nH]c1=O)CCCC2. The van der Waals surface area contributed by atoms with E-state index in [9.17, 15) is 14.7 Å². The number of aromatic amines is 1. The van der Waals surface area contributed by atoms with Crippen LogP contribution in [0.25, 0.3) is 0 Å². The van der Waals surface area contributed by atoms with E-state index in [4.69, 9.17) is 0 Å². The summed E-state index contributed by atoms with van der Waals surface area (Å²) in [5.74, 6) is -0.119. The van der Waals surface area contributed by atoms with Crippen LogP contribution in [0.1, 0.15) is 60.1 Å². The van der Waals surface area contributed by atoms with Crippen LogP contribution in [0, 0.1) is 5.92 Å². The van der Waals surface area contributed by atoms with Crippen LogP contribution < -0.4 is 5.56 Å². The van der Waals surface area contributed by atoms with Crippen LogP contribution in [0.4, 0.5) is 0 Å². The molecule has 1 heterocycles. The summed E-state index contributed by atoms with van der Waals surface area (Å²) in [6, 6.07) is 1.78. The molecule has 23 heavy (non-hydrogen) atoms. The predicted molar refractivity (Wildman–Crippen MR) is 88.6 cm³/mol. The fraction of sp³-hybridized carbons (Fsp3) is 0.667. The van der Waals surface area contributed by atoms with Crippen LogP contribution in [0.15, 0.2) is 10.9 Å². The molecule has 0 aliphatic heterocycles. The van der Waals surface area contributed by atoms with Crippen LogP contribution in [0.5, 0.6) is 0 Å². The molecule has 1 fully saturated rings. The van der Waals surface area contributed by atoms with Gasteiger partial charge in [-0.15, -0.1) is 0 Å². The molecule has 5 heteroatoms. The Morgan fingerprint density at radius 2 is 2.00 bits per heavy atom. The molecule has 1 aromatic rings. The van der Waals surface area contributed by atoms with Crippen LogP contribution in [0.2, 0.25) is 0 Å². The van der Waals surface area contributed by atoms with Crippen molar-refractivity contribution in [3.05, 3.63) is 33.2 Å². The first-order valence-corrected chi connectivity index (χ1v) is 8.75. The molecule has 126 valence electrons. The molecule has 5 nitrogen and oxygen atoms in total. The van der Waals surface area contributed by atoms with Gasteiger partial charge < -0.3 is 15.0 Å². The molecule has 1 amide bonds. The summed E-state index contributed by atoms with van der Waals surface area (Å²) in [6.45, 7) is 0.510. The minimum absolute atomic E-state index is 0.120. The summed E-state index contributed by atoms with van der Waals surface area (Å²) >= 11 is 0. The molecule has 2 aliphatic carbocycles. The van der Waals surface area contributed by atoms with Crippen LogP contribution >= 0.6 is 0 Å². The van der Waals surface area contributed by atoms with E-state index in [1.807, 2.05) is 0 Å². The highest BCUT2D eigenvalue weighted by Crippen LogP contribution is 2.25. The number of carbonyl (C=O) groups is 1. The second kappa shape index (κ2) is 6.87. The lowest BCUT2D eigenvalue weighted by Crippen LogP contribution is -2.40. The molecule has 0 aromatic carbocycles. The van der Waals surface area contributed by atoms with Gasteiger partial charge in [-0.3, -0.25) is 9.59 Å². The van der Waals surface area contributed by atoms with Gasteiger partial charge >= 0.3 is 0 Å². The highest BCUT2D eigenvalue weighted by atomic mass is 16.3. The number of aromatic nitrogens is 1. The van der Waals surface area contributed by atoms with Crippen molar-refractivity contribution in [3.63, 3.8) is 0 Å². The zero-order valence-corrected chi connectivity index (χ0v) is 13.8. The van der Waals surface area contributed by atoms with E-state index in [1.54, 1.807) is 18.0 Å². The molecule has 2 aliphatic rings. The highest BCUT2D eigenvalue weighted by Gasteiger charge is 2.27. The maximum absolute atomic E-state index is 12.7. The molecule has 1 saturated carbocycles. The predicted octanol–water partition coefficient (Wildman–Crippen LogP) is 1.88. The monoisotopic (exact) mass is 318 g/mol. The van der Waals surface area contributed by atoms with Gasteiger partial charge in [0.1, 0.15) is 5.56 Å². The Hall–Kier alpha value is -1.62. The van der Waals surface area contributed by atoms with Gasteiger partial charge in [-0.25, -0.2) is 0 Å². The van der Waals surface area contributed by atoms with E-state index in [0.717, 1.165) is 62.6 Å². The maximum Gasteiger partial charge on any atom is 0.261 e. The topological polar surface area (TPSA) is 73.4 Å². The number of carbonyl (C=O) groups excluding carboxylic acids is 1. The second-order valence-corrected chi connectivity index (χ2v) is 7.02. The van der Waals surface area contributed by atoms with Crippen molar-refractivity contribution >= 4 is 5.91 Å². The van der Waals surface area contributed by atoms with E-state index in [2.05, 4.69) is 4.98 Å². The first-order valence-electron chi connectivity index (χ1n) is 8.75. The summed E-state index contributed by atoms with van der Waals surface area (Å²) < 4.78 is 0. The standard InChI is InChI=1S/C18H26N2O3/c1-20(11-13-7-3-5-9-16(13)21)18(23)14-10-12-6-2-4-8-15(12)19-17(14)22/h10,13,16,21H,2-9,11H2,1H3,(H,19,22). The van der Waals surface area contributed by atoms with Crippen molar-refractivity contribution in [1.29, 1.82) is 0 Å². The average molecular weight is 318 g/mol. The van der Waals surface area contributed by atoms with Gasteiger partial charge in [-0.2, -0.15) is 0 Å². The van der Waals surface area contributed by atoms with E-state index in [0.29, 0.717) is 6.54 Å². The lowest BCUT2D eigenvalue weighted by atomic mass is 9.86. The molecule has 2 N–H and O–H groups in total. The van der Waals surface area contributed by atoms with Crippen molar-refractivity contribution < 1.29 is 9.90 Å². The van der Waals surface area contributed by atoms with Crippen LogP contribution in [-0.4, -0.2) is 40.6 Å². The highest BCUT2D eigenvalue weighted by molar-refractivity contribution is 5.93. The van der Waals surface area contributed by atoms with Gasteiger partial charge in [0.05, 0.1) is 6.10 Å². The third-order valence-corrected chi connectivity index (χ3v) is 5.29. The van der Waals surface area contributed by atoms with E-state index < -0.39 is 0 Å². The van der Waals surface area contributed by atoms with E-state index in [1.165, 1.54) is 0 Å². The van der Waals surface area contributed by atoms with Crippen molar-refractivity contribution in [3.8, 4) is 0 Å². The summed E-state index contributed by atoms with van der Waals surface area (Å²) in [5.41, 5.74) is 2.04. The van der Waals surface area contributed by atoms with Gasteiger partial charge in [0.25, 0.3) is 11.5 Å². The minimum Gasteiger partial charge on any atom is -0.393 e. The van der Waals surface area contributed by atoms with Gasteiger partial charge in [0.15, 0.2) is 0 Å². The normalized spacial score (nSPS) is 24.1. The third-order valence-electron chi connectivity index (χ3n) is 5.29. The zero-order chi connectivity index (χ0) is 16.4. The number of aryl methyl sites for hydroxylation is 2. The smallest absolute Gasteiger partial charge is 0.261 e. The fourth-order valence-corrected chi connectivity index (χ4v) is 3.88. The molecule has 2 unspecified atom stereocenters. The molecule has 2 atom stereocenters. The Balaban J connectivity index is 1.75. The van der Waals surface area contributed by atoms with Crippen molar-refractivity contribution in [2.75, 3.05) is 13.6 Å². The number of rotatable bonds is 3. The number of pyridine rings is 1. The number of fused-ring (bicyclic) bond motifs is 1. The Kier molecular flexibility index (Phi) is 4.85. The van der Waals surface area contributed by atoms with Crippen molar-refractivity contribution in [2.24, 2.45) is 5.92 Å². The first-order chi connectivity index (χ1) is 11.1. The number of hydrogen-bond donors (Lipinski definition) is 2. The number of nitrogens with one attached hydrogen (secondary N) is 1. The van der Waals surface area contributed by atoms with E-state index in [-0.39, 0.29) is 29.1 Å². The average Bonchev–Trinajstić information content (AvgIpc) is 2.55. The zero-order valence-electron chi connectivity index (χ0n) is 13.8. The lowest BCUT2D eigenvalue weighted by Gasteiger charge is -2.31. The number of nitrogens with zero attached hydrogens (tertiary/aromatic N) is 1. The largest absolute Gasteiger partial charge is 0.393 e. The molecule has 0 spiro atoms. The van der Waals surface area contributed by atoms with Gasteiger partial charge in [0, 0.05) is 25.2 Å². The summed E-state index contributed by atoms with van der Waals surface area (Å²) in [7, 11) is 1.72. The van der Waals surface area contributed by atoms with Gasteiger partial charge in [-0.05, 0) is 50.2 Å². The van der Waals surface area contributed by atoms with E-state index >= 15 is 0 Å². The summed E-state index contributed by atoms with van der Waals surface area (Å²) in [5, 5.41) is 10.1. The molecular weight excluding hydrogens is 292 g/mol. The Morgan fingerprint density at radius 1 is 1.26 bits per heavy atom. The first kappa shape index (κ1) is 16.2. The number of aliphatic hydroxyl groups is 1. The van der Waals surface area contributed by atoms with Crippen molar-refractivity contribution in [1.82, 2.24) is 9.88 Å². The van der Waals surface area contributed by atoms with Crippen LogP contribution in [-0.2, 0) is 12.8 Å². The van der Waals surface area contributed by atoms with Crippen LogP contribution in [0.3, 0.4) is 0 Å². The number of hydrogen-bond acceptors (Lipinski definition) is 3. The molecule has 3 rings (SSSR count). The second-order valence-electron chi connectivity index (χ2n) is 7.02. The number of amides is 1.